The molecule has 1 aliphatic rings. The van der Waals surface area contributed by atoms with E-state index in [2.05, 4.69) is 16.9 Å². The zero-order chi connectivity index (χ0) is 14.7. The summed E-state index contributed by atoms with van der Waals surface area (Å²) in [5.74, 6) is 1.43. The highest BCUT2D eigenvalue weighted by Gasteiger charge is 2.28. The van der Waals surface area contributed by atoms with Crippen LogP contribution in [0.1, 0.15) is 62.3 Å². The lowest BCUT2D eigenvalue weighted by Gasteiger charge is -2.17. The summed E-state index contributed by atoms with van der Waals surface area (Å²) < 4.78 is 0. The predicted molar refractivity (Wildman–Crippen MR) is 79.5 cm³/mol. The standard InChI is InChI=1S/C15H24N4O/c1-4-5-11-6-7-19(9-11)15(20)13-12(16)8-17-14(18-13)10(2)3/h8,10-11H,4-7,9,16H2,1-3H3. The average molecular weight is 276 g/mol. The van der Waals surface area contributed by atoms with Crippen LogP contribution in [0.5, 0.6) is 0 Å². The lowest BCUT2D eigenvalue weighted by Crippen LogP contribution is -2.30. The van der Waals surface area contributed by atoms with Crippen LogP contribution in [0.3, 0.4) is 0 Å². The van der Waals surface area contributed by atoms with Crippen LogP contribution in [0, 0.1) is 5.92 Å². The van der Waals surface area contributed by atoms with E-state index in [1.165, 1.54) is 12.8 Å². The summed E-state index contributed by atoms with van der Waals surface area (Å²) in [4.78, 5) is 23.0. The number of nitrogens with two attached hydrogens (primary N) is 1. The number of carbonyl (C=O) groups is 1. The van der Waals surface area contributed by atoms with Crippen molar-refractivity contribution in [1.82, 2.24) is 14.9 Å². The summed E-state index contributed by atoms with van der Waals surface area (Å²) in [5.41, 5.74) is 6.61. The van der Waals surface area contributed by atoms with Gasteiger partial charge in [-0.15, -0.1) is 0 Å². The Balaban J connectivity index is 2.15. The number of amides is 1. The summed E-state index contributed by atoms with van der Waals surface area (Å²) in [6.07, 6.45) is 4.98. The molecule has 1 aliphatic heterocycles. The Morgan fingerprint density at radius 2 is 2.30 bits per heavy atom. The van der Waals surface area contributed by atoms with E-state index in [0.29, 0.717) is 23.1 Å². The maximum atomic E-state index is 12.5. The third-order valence-electron chi connectivity index (χ3n) is 3.82. The molecule has 5 heteroatoms. The van der Waals surface area contributed by atoms with Crippen molar-refractivity contribution in [3.63, 3.8) is 0 Å². The van der Waals surface area contributed by atoms with Gasteiger partial charge in [0.1, 0.15) is 5.82 Å². The van der Waals surface area contributed by atoms with E-state index < -0.39 is 0 Å². The maximum Gasteiger partial charge on any atom is 0.274 e. The van der Waals surface area contributed by atoms with Crippen molar-refractivity contribution in [3.8, 4) is 0 Å². The van der Waals surface area contributed by atoms with Crippen molar-refractivity contribution in [2.45, 2.75) is 46.0 Å². The summed E-state index contributed by atoms with van der Waals surface area (Å²) in [5, 5.41) is 0. The predicted octanol–water partition coefficient (Wildman–Crippen LogP) is 2.44. The molecule has 0 aliphatic carbocycles. The van der Waals surface area contributed by atoms with Crippen molar-refractivity contribution < 1.29 is 4.79 Å². The SMILES string of the molecule is CCCC1CCN(C(=O)c2nc(C(C)C)ncc2N)C1. The van der Waals surface area contributed by atoms with Gasteiger partial charge in [-0.3, -0.25) is 4.79 Å². The molecule has 1 saturated heterocycles. The Kier molecular flexibility index (Phi) is 4.57. The molecule has 2 heterocycles. The van der Waals surface area contributed by atoms with E-state index in [4.69, 9.17) is 5.73 Å². The minimum atomic E-state index is -0.0506. The Hall–Kier alpha value is -1.65. The maximum absolute atomic E-state index is 12.5. The van der Waals surface area contributed by atoms with Crippen molar-refractivity contribution >= 4 is 11.6 Å². The van der Waals surface area contributed by atoms with Gasteiger partial charge in [-0.05, 0) is 18.8 Å². The van der Waals surface area contributed by atoms with Gasteiger partial charge in [0.25, 0.3) is 5.91 Å². The van der Waals surface area contributed by atoms with E-state index in [0.717, 1.165) is 19.5 Å². The molecule has 0 spiro atoms. The molecule has 2 N–H and O–H groups in total. The lowest BCUT2D eigenvalue weighted by molar-refractivity contribution is 0.0781. The molecule has 110 valence electrons. The lowest BCUT2D eigenvalue weighted by atomic mass is 10.0. The van der Waals surface area contributed by atoms with Gasteiger partial charge < -0.3 is 10.6 Å². The fourth-order valence-electron chi connectivity index (χ4n) is 2.67. The van der Waals surface area contributed by atoms with Gasteiger partial charge in [0.05, 0.1) is 11.9 Å². The number of hydrogen-bond acceptors (Lipinski definition) is 4. The fourth-order valence-corrected chi connectivity index (χ4v) is 2.67. The Morgan fingerprint density at radius 1 is 1.55 bits per heavy atom. The highest BCUT2D eigenvalue weighted by Crippen LogP contribution is 2.23. The minimum absolute atomic E-state index is 0.0506. The van der Waals surface area contributed by atoms with Crippen LogP contribution in [-0.2, 0) is 0 Å². The molecule has 1 aromatic heterocycles. The zero-order valence-electron chi connectivity index (χ0n) is 12.6. The first-order valence-electron chi connectivity index (χ1n) is 7.44. The number of aromatic nitrogens is 2. The smallest absolute Gasteiger partial charge is 0.274 e. The monoisotopic (exact) mass is 276 g/mol. The molecular weight excluding hydrogens is 252 g/mol. The van der Waals surface area contributed by atoms with Gasteiger partial charge in [0, 0.05) is 19.0 Å². The highest BCUT2D eigenvalue weighted by molar-refractivity contribution is 5.97. The van der Waals surface area contributed by atoms with Gasteiger partial charge in [-0.1, -0.05) is 27.2 Å². The molecule has 1 atom stereocenters. The number of hydrogen-bond donors (Lipinski definition) is 1. The topological polar surface area (TPSA) is 72.1 Å². The molecule has 2 rings (SSSR count). The average Bonchev–Trinajstić information content (AvgIpc) is 2.87. The largest absolute Gasteiger partial charge is 0.396 e. The van der Waals surface area contributed by atoms with Crippen LogP contribution in [-0.4, -0.2) is 33.9 Å². The Morgan fingerprint density at radius 3 is 2.95 bits per heavy atom. The molecule has 1 fully saturated rings. The number of nitrogen functional groups attached to an aromatic ring is 1. The van der Waals surface area contributed by atoms with Crippen LogP contribution in [0.15, 0.2) is 6.20 Å². The minimum Gasteiger partial charge on any atom is -0.396 e. The quantitative estimate of drug-likeness (QED) is 0.916. The van der Waals surface area contributed by atoms with E-state index in [1.54, 1.807) is 6.20 Å². The van der Waals surface area contributed by atoms with Crippen LogP contribution in [0.25, 0.3) is 0 Å². The van der Waals surface area contributed by atoms with E-state index in [9.17, 15) is 4.79 Å². The Labute approximate surface area is 120 Å². The van der Waals surface area contributed by atoms with Crippen molar-refractivity contribution in [2.24, 2.45) is 5.92 Å². The molecule has 0 radical (unpaired) electrons. The number of nitrogens with zero attached hydrogens (tertiary/aromatic N) is 3. The zero-order valence-corrected chi connectivity index (χ0v) is 12.6. The second-order valence-electron chi connectivity index (χ2n) is 5.88. The fraction of sp³-hybridized carbons (Fsp3) is 0.667. The Bertz CT molecular complexity index is 487. The van der Waals surface area contributed by atoms with Crippen LogP contribution < -0.4 is 5.73 Å². The van der Waals surface area contributed by atoms with E-state index in [-0.39, 0.29) is 11.8 Å². The summed E-state index contributed by atoms with van der Waals surface area (Å²) in [6.45, 7) is 7.83. The molecular formula is C15H24N4O. The van der Waals surface area contributed by atoms with Crippen LogP contribution >= 0.6 is 0 Å². The first-order chi connectivity index (χ1) is 9.52. The van der Waals surface area contributed by atoms with Gasteiger partial charge in [-0.25, -0.2) is 9.97 Å². The first-order valence-corrected chi connectivity index (χ1v) is 7.44. The molecule has 20 heavy (non-hydrogen) atoms. The van der Waals surface area contributed by atoms with Gasteiger partial charge >= 0.3 is 0 Å². The van der Waals surface area contributed by atoms with Gasteiger partial charge in [-0.2, -0.15) is 0 Å². The first kappa shape index (κ1) is 14.8. The molecule has 0 bridgehead atoms. The van der Waals surface area contributed by atoms with Crippen LogP contribution in [0.4, 0.5) is 5.69 Å². The van der Waals surface area contributed by atoms with Crippen LogP contribution in [0.2, 0.25) is 0 Å². The second kappa shape index (κ2) is 6.20. The molecule has 0 aromatic carbocycles. The molecule has 1 unspecified atom stereocenters. The third kappa shape index (κ3) is 3.08. The number of likely N-dealkylation sites (tertiary alicyclic amines) is 1. The number of anilines is 1. The molecule has 1 aromatic rings. The third-order valence-corrected chi connectivity index (χ3v) is 3.82. The second-order valence-corrected chi connectivity index (χ2v) is 5.88. The molecule has 0 saturated carbocycles. The van der Waals surface area contributed by atoms with Crippen molar-refractivity contribution in [3.05, 3.63) is 17.7 Å². The number of carbonyl (C=O) groups excluding carboxylic acids is 1. The highest BCUT2D eigenvalue weighted by atomic mass is 16.2. The van der Waals surface area contributed by atoms with E-state index >= 15 is 0 Å². The summed E-state index contributed by atoms with van der Waals surface area (Å²) in [7, 11) is 0. The normalized spacial score (nSPS) is 18.8. The van der Waals surface area contributed by atoms with E-state index in [1.807, 2.05) is 18.7 Å². The summed E-state index contributed by atoms with van der Waals surface area (Å²) >= 11 is 0. The number of rotatable bonds is 4. The van der Waals surface area contributed by atoms with Crippen molar-refractivity contribution in [2.75, 3.05) is 18.8 Å². The summed E-state index contributed by atoms with van der Waals surface area (Å²) in [6, 6.07) is 0. The van der Waals surface area contributed by atoms with Gasteiger partial charge in [0.15, 0.2) is 5.69 Å². The van der Waals surface area contributed by atoms with Crippen molar-refractivity contribution in [1.29, 1.82) is 0 Å². The molecule has 1 amide bonds. The molecule has 5 nitrogen and oxygen atoms in total. The van der Waals surface area contributed by atoms with Gasteiger partial charge in [0.2, 0.25) is 0 Å².